The number of ether oxygens (including phenoxy) is 2. The second-order valence-corrected chi connectivity index (χ2v) is 4.63. The number of aryl methyl sites for hydroxylation is 1. The van der Waals surface area contributed by atoms with Crippen molar-refractivity contribution in [1.29, 1.82) is 0 Å². The molecule has 1 rings (SSSR count). The summed E-state index contributed by atoms with van der Waals surface area (Å²) in [5, 5.41) is 0. The summed E-state index contributed by atoms with van der Waals surface area (Å²) in [6, 6.07) is 7.83. The fraction of sp³-hybridized carbons (Fsp3) is 0.500. The number of benzene rings is 1. The van der Waals surface area contributed by atoms with Crippen LogP contribution in [0, 0.1) is 6.92 Å². The van der Waals surface area contributed by atoms with Crippen LogP contribution in [0.1, 0.15) is 25.3 Å². The molecule has 1 aromatic rings. The van der Waals surface area contributed by atoms with Crippen LogP contribution in [0.4, 0.5) is 0 Å². The van der Waals surface area contributed by atoms with Crippen LogP contribution in [0.5, 0.6) is 5.75 Å². The molecule has 18 heavy (non-hydrogen) atoms. The van der Waals surface area contributed by atoms with Gasteiger partial charge in [0.05, 0.1) is 13.7 Å². The van der Waals surface area contributed by atoms with Crippen molar-refractivity contribution < 1.29 is 14.3 Å². The molecule has 0 aliphatic rings. The van der Waals surface area contributed by atoms with Gasteiger partial charge in [0.2, 0.25) is 0 Å². The van der Waals surface area contributed by atoms with Crippen LogP contribution in [-0.2, 0) is 9.53 Å². The highest BCUT2D eigenvalue weighted by molar-refractivity contribution is 5.79. The molecule has 0 amide bonds. The molecule has 100 valence electrons. The molecule has 1 atom stereocenters. The molecule has 0 bridgehead atoms. The van der Waals surface area contributed by atoms with Gasteiger partial charge in [0, 0.05) is 0 Å². The van der Waals surface area contributed by atoms with Gasteiger partial charge in [-0.25, -0.2) is 0 Å². The van der Waals surface area contributed by atoms with E-state index in [9.17, 15) is 4.79 Å². The van der Waals surface area contributed by atoms with E-state index in [1.54, 1.807) is 6.92 Å². The van der Waals surface area contributed by atoms with Crippen LogP contribution in [0.2, 0.25) is 0 Å². The van der Waals surface area contributed by atoms with Crippen molar-refractivity contribution in [2.24, 2.45) is 5.73 Å². The first-order valence-electron chi connectivity index (χ1n) is 6.03. The predicted octanol–water partition coefficient (Wildman–Crippen LogP) is 2.04. The number of para-hydroxylation sites is 1. The fourth-order valence-electron chi connectivity index (χ4n) is 1.68. The summed E-state index contributed by atoms with van der Waals surface area (Å²) in [5.41, 5.74) is 6.01. The van der Waals surface area contributed by atoms with Crippen molar-refractivity contribution >= 4 is 5.97 Å². The molecule has 4 nitrogen and oxygen atoms in total. The molecule has 0 heterocycles. The highest BCUT2D eigenvalue weighted by Crippen LogP contribution is 2.17. The Morgan fingerprint density at radius 1 is 1.39 bits per heavy atom. The largest absolute Gasteiger partial charge is 0.493 e. The predicted molar refractivity (Wildman–Crippen MR) is 70.5 cm³/mol. The summed E-state index contributed by atoms with van der Waals surface area (Å²) < 4.78 is 10.3. The summed E-state index contributed by atoms with van der Waals surface area (Å²) in [6.07, 6.45) is 1.24. The van der Waals surface area contributed by atoms with E-state index in [2.05, 4.69) is 4.74 Å². The first kappa shape index (κ1) is 14.5. The summed E-state index contributed by atoms with van der Waals surface area (Å²) in [7, 11) is 1.34. The van der Waals surface area contributed by atoms with E-state index in [-0.39, 0.29) is 0 Å². The van der Waals surface area contributed by atoms with Crippen LogP contribution >= 0.6 is 0 Å². The number of carbonyl (C=O) groups is 1. The van der Waals surface area contributed by atoms with Crippen LogP contribution < -0.4 is 10.5 Å². The van der Waals surface area contributed by atoms with Gasteiger partial charge in [-0.15, -0.1) is 0 Å². The zero-order valence-electron chi connectivity index (χ0n) is 11.2. The van der Waals surface area contributed by atoms with Crippen LogP contribution in [-0.4, -0.2) is 25.2 Å². The standard InChI is InChI=1S/C14H21NO3/c1-11-7-4-5-8-12(11)18-10-6-9-14(2,15)13(16)17-3/h4-5,7-8H,6,9-10,15H2,1-3H3. The minimum atomic E-state index is -0.941. The summed E-state index contributed by atoms with van der Waals surface area (Å²) in [4.78, 5) is 11.4. The average molecular weight is 251 g/mol. The molecule has 0 saturated carbocycles. The molecule has 0 fully saturated rings. The quantitative estimate of drug-likeness (QED) is 0.621. The lowest BCUT2D eigenvalue weighted by molar-refractivity contribution is -0.146. The summed E-state index contributed by atoms with van der Waals surface area (Å²) in [5.74, 6) is 0.479. The zero-order chi connectivity index (χ0) is 13.6. The fourth-order valence-corrected chi connectivity index (χ4v) is 1.68. The van der Waals surface area contributed by atoms with Gasteiger partial charge >= 0.3 is 5.97 Å². The Labute approximate surface area is 108 Å². The van der Waals surface area contributed by atoms with E-state index in [1.807, 2.05) is 31.2 Å². The third-order valence-electron chi connectivity index (χ3n) is 2.84. The minimum Gasteiger partial charge on any atom is -0.493 e. The topological polar surface area (TPSA) is 61.5 Å². The van der Waals surface area contributed by atoms with Gasteiger partial charge in [0.1, 0.15) is 11.3 Å². The normalized spacial score (nSPS) is 13.8. The molecule has 0 aliphatic carbocycles. The van der Waals surface area contributed by atoms with Crippen molar-refractivity contribution in [1.82, 2.24) is 0 Å². The van der Waals surface area contributed by atoms with Gasteiger partial charge in [0.25, 0.3) is 0 Å². The molecule has 0 spiro atoms. The first-order valence-corrected chi connectivity index (χ1v) is 6.03. The molecule has 2 N–H and O–H groups in total. The van der Waals surface area contributed by atoms with Gasteiger partial charge in [-0.1, -0.05) is 18.2 Å². The minimum absolute atomic E-state index is 0.390. The Kier molecular flexibility index (Phi) is 5.16. The molecule has 4 heteroatoms. The van der Waals surface area contributed by atoms with E-state index in [4.69, 9.17) is 10.5 Å². The van der Waals surface area contributed by atoms with Crippen molar-refractivity contribution in [2.75, 3.05) is 13.7 Å². The van der Waals surface area contributed by atoms with Crippen molar-refractivity contribution in [3.63, 3.8) is 0 Å². The van der Waals surface area contributed by atoms with E-state index >= 15 is 0 Å². The van der Waals surface area contributed by atoms with E-state index in [1.165, 1.54) is 7.11 Å². The third kappa shape index (κ3) is 4.04. The van der Waals surface area contributed by atoms with Crippen LogP contribution in [0.3, 0.4) is 0 Å². The van der Waals surface area contributed by atoms with Crippen molar-refractivity contribution in [2.45, 2.75) is 32.2 Å². The third-order valence-corrected chi connectivity index (χ3v) is 2.84. The van der Waals surface area contributed by atoms with Gasteiger partial charge in [-0.05, 0) is 38.3 Å². The molecular weight excluding hydrogens is 230 g/mol. The number of rotatable bonds is 6. The van der Waals surface area contributed by atoms with Crippen molar-refractivity contribution in [3.05, 3.63) is 29.8 Å². The Bertz CT molecular complexity index is 402. The van der Waals surface area contributed by atoms with Gasteiger partial charge in [-0.3, -0.25) is 4.79 Å². The summed E-state index contributed by atoms with van der Waals surface area (Å²) >= 11 is 0. The highest BCUT2D eigenvalue weighted by Gasteiger charge is 2.28. The second kappa shape index (κ2) is 6.40. The first-order chi connectivity index (χ1) is 8.47. The molecule has 0 aliphatic heterocycles. The average Bonchev–Trinajstić information content (AvgIpc) is 2.35. The zero-order valence-corrected chi connectivity index (χ0v) is 11.2. The molecule has 1 unspecified atom stereocenters. The van der Waals surface area contributed by atoms with Gasteiger partial charge < -0.3 is 15.2 Å². The maximum Gasteiger partial charge on any atom is 0.325 e. The molecule has 1 aromatic carbocycles. The Balaban J connectivity index is 2.35. The lowest BCUT2D eigenvalue weighted by Gasteiger charge is -2.21. The molecule has 0 saturated heterocycles. The highest BCUT2D eigenvalue weighted by atomic mass is 16.5. The number of nitrogens with two attached hydrogens (primary N) is 1. The Morgan fingerprint density at radius 3 is 2.67 bits per heavy atom. The second-order valence-electron chi connectivity index (χ2n) is 4.63. The van der Waals surface area contributed by atoms with Crippen LogP contribution in [0.25, 0.3) is 0 Å². The van der Waals surface area contributed by atoms with E-state index in [0.29, 0.717) is 19.4 Å². The van der Waals surface area contributed by atoms with E-state index < -0.39 is 11.5 Å². The molecule has 0 radical (unpaired) electrons. The smallest absolute Gasteiger partial charge is 0.325 e. The maximum absolute atomic E-state index is 11.4. The van der Waals surface area contributed by atoms with Crippen LogP contribution in [0.15, 0.2) is 24.3 Å². The SMILES string of the molecule is COC(=O)C(C)(N)CCCOc1ccccc1C. The number of methoxy groups -OCH3 is 1. The maximum atomic E-state index is 11.4. The van der Waals surface area contributed by atoms with Gasteiger partial charge in [-0.2, -0.15) is 0 Å². The lowest BCUT2D eigenvalue weighted by atomic mass is 9.98. The summed E-state index contributed by atoms with van der Waals surface area (Å²) in [6.45, 7) is 4.21. The Morgan fingerprint density at radius 2 is 2.06 bits per heavy atom. The van der Waals surface area contributed by atoms with Crippen molar-refractivity contribution in [3.8, 4) is 5.75 Å². The number of carbonyl (C=O) groups excluding carboxylic acids is 1. The monoisotopic (exact) mass is 251 g/mol. The van der Waals surface area contributed by atoms with Gasteiger partial charge in [0.15, 0.2) is 0 Å². The number of hydrogen-bond acceptors (Lipinski definition) is 4. The number of esters is 1. The number of hydrogen-bond donors (Lipinski definition) is 1. The molecule has 0 aromatic heterocycles. The lowest BCUT2D eigenvalue weighted by Crippen LogP contribution is -2.45. The molecular formula is C14H21NO3. The van der Waals surface area contributed by atoms with E-state index in [0.717, 1.165) is 11.3 Å². The Hall–Kier alpha value is -1.55.